The van der Waals surface area contributed by atoms with E-state index in [0.717, 1.165) is 34.0 Å². The summed E-state index contributed by atoms with van der Waals surface area (Å²) in [5, 5.41) is 22.3. The molecule has 0 unspecified atom stereocenters. The first-order valence-corrected chi connectivity index (χ1v) is 6.20. The molecule has 0 fully saturated rings. The van der Waals surface area contributed by atoms with E-state index in [1.165, 1.54) is 0 Å². The molecular weight excluding hydrogens is 272 g/mol. The van der Waals surface area contributed by atoms with Gasteiger partial charge in [-0.2, -0.15) is 9.78 Å². The second kappa shape index (κ2) is 5.62. The van der Waals surface area contributed by atoms with Crippen molar-refractivity contribution >= 4 is 12.0 Å². The number of hydrogen-bond donors (Lipinski definition) is 2. The molecule has 0 aliphatic rings. The fraction of sp³-hybridized carbons (Fsp3) is 0.133. The standard InChI is InChI=1S/C15H14N2O4/c1-9-5-10(2)7-11(6-9)17-14(19)8-13(18)12(16-17)3-4-15(20)21/h3-8,18H,1-2H3,(H,20,21)/b4-3+. The lowest BCUT2D eigenvalue weighted by molar-refractivity contribution is -0.131. The molecule has 1 heterocycles. The summed E-state index contributed by atoms with van der Waals surface area (Å²) in [6, 6.07) is 6.53. The van der Waals surface area contributed by atoms with Crippen LogP contribution < -0.4 is 5.56 Å². The molecule has 2 N–H and O–H groups in total. The summed E-state index contributed by atoms with van der Waals surface area (Å²) in [6.45, 7) is 3.79. The van der Waals surface area contributed by atoms with Crippen LogP contribution in [0.4, 0.5) is 0 Å². The molecule has 0 saturated carbocycles. The third kappa shape index (κ3) is 3.36. The van der Waals surface area contributed by atoms with Gasteiger partial charge in [-0.25, -0.2) is 4.79 Å². The van der Waals surface area contributed by atoms with Gasteiger partial charge in [-0.1, -0.05) is 6.07 Å². The van der Waals surface area contributed by atoms with E-state index < -0.39 is 11.5 Å². The molecule has 2 aromatic rings. The number of aromatic hydroxyl groups is 1. The van der Waals surface area contributed by atoms with Gasteiger partial charge in [0.15, 0.2) is 0 Å². The Morgan fingerprint density at radius 1 is 1.19 bits per heavy atom. The predicted molar refractivity (Wildman–Crippen MR) is 77.6 cm³/mol. The minimum atomic E-state index is -1.17. The molecule has 0 aliphatic carbocycles. The zero-order valence-corrected chi connectivity index (χ0v) is 11.6. The van der Waals surface area contributed by atoms with Gasteiger partial charge in [-0.15, -0.1) is 0 Å². The second-order valence-electron chi connectivity index (χ2n) is 4.68. The van der Waals surface area contributed by atoms with Crippen LogP contribution in [-0.2, 0) is 4.79 Å². The number of rotatable bonds is 3. The smallest absolute Gasteiger partial charge is 0.328 e. The van der Waals surface area contributed by atoms with Crippen molar-refractivity contribution in [2.24, 2.45) is 0 Å². The minimum absolute atomic E-state index is 0.0103. The summed E-state index contributed by atoms with van der Waals surface area (Å²) < 4.78 is 1.13. The quantitative estimate of drug-likeness (QED) is 0.837. The highest BCUT2D eigenvalue weighted by Crippen LogP contribution is 2.16. The van der Waals surface area contributed by atoms with E-state index in [9.17, 15) is 14.7 Å². The van der Waals surface area contributed by atoms with Gasteiger partial charge in [0, 0.05) is 12.1 Å². The molecular formula is C15H14N2O4. The van der Waals surface area contributed by atoms with Crippen LogP contribution >= 0.6 is 0 Å². The topological polar surface area (TPSA) is 92.4 Å². The van der Waals surface area contributed by atoms with E-state index in [2.05, 4.69) is 5.10 Å². The van der Waals surface area contributed by atoms with Crippen molar-refractivity contribution in [2.75, 3.05) is 0 Å². The summed E-state index contributed by atoms with van der Waals surface area (Å²) in [6.07, 6.45) is 1.98. The molecule has 0 saturated heterocycles. The summed E-state index contributed by atoms with van der Waals surface area (Å²) in [5.74, 6) is -1.53. The fourth-order valence-electron chi connectivity index (χ4n) is 1.99. The number of carboxylic acids is 1. The van der Waals surface area contributed by atoms with E-state index in [1.54, 1.807) is 12.1 Å². The van der Waals surface area contributed by atoms with Crippen molar-refractivity contribution < 1.29 is 15.0 Å². The first-order valence-electron chi connectivity index (χ1n) is 6.20. The largest absolute Gasteiger partial charge is 0.505 e. The van der Waals surface area contributed by atoms with Crippen LogP contribution in [0.15, 0.2) is 35.1 Å². The average Bonchev–Trinajstić information content (AvgIpc) is 2.36. The molecule has 0 aliphatic heterocycles. The van der Waals surface area contributed by atoms with Gasteiger partial charge in [0.25, 0.3) is 5.56 Å². The molecule has 1 aromatic carbocycles. The van der Waals surface area contributed by atoms with E-state index in [-0.39, 0.29) is 11.4 Å². The van der Waals surface area contributed by atoms with Gasteiger partial charge in [0.2, 0.25) is 0 Å². The zero-order chi connectivity index (χ0) is 15.6. The number of carbonyl (C=O) groups is 1. The molecule has 0 radical (unpaired) electrons. The van der Waals surface area contributed by atoms with Crippen LogP contribution in [0.1, 0.15) is 16.8 Å². The molecule has 0 bridgehead atoms. The Hall–Kier alpha value is -2.89. The maximum atomic E-state index is 12.0. The SMILES string of the molecule is Cc1cc(C)cc(-n2nc(/C=C/C(=O)O)c(O)cc2=O)c1. The number of nitrogens with zero attached hydrogens (tertiary/aromatic N) is 2. The van der Waals surface area contributed by atoms with Gasteiger partial charge < -0.3 is 10.2 Å². The maximum absolute atomic E-state index is 12.0. The lowest BCUT2D eigenvalue weighted by Gasteiger charge is -2.08. The highest BCUT2D eigenvalue weighted by Gasteiger charge is 2.08. The van der Waals surface area contributed by atoms with Gasteiger partial charge in [0.05, 0.1) is 5.69 Å². The predicted octanol–water partition coefficient (Wildman–Crippen LogP) is 1.65. The van der Waals surface area contributed by atoms with E-state index in [4.69, 9.17) is 5.11 Å². The molecule has 6 heteroatoms. The Bertz CT molecular complexity index is 770. The number of aryl methyl sites for hydroxylation is 2. The number of aliphatic carboxylic acids is 1. The Balaban J connectivity index is 2.61. The third-order valence-electron chi connectivity index (χ3n) is 2.77. The summed E-state index contributed by atoms with van der Waals surface area (Å²) in [7, 11) is 0. The monoisotopic (exact) mass is 286 g/mol. The van der Waals surface area contributed by atoms with Crippen molar-refractivity contribution in [3.63, 3.8) is 0 Å². The molecule has 6 nitrogen and oxygen atoms in total. The average molecular weight is 286 g/mol. The molecule has 1 aromatic heterocycles. The van der Waals surface area contributed by atoms with Crippen LogP contribution in [0.5, 0.6) is 5.75 Å². The first-order chi connectivity index (χ1) is 9.86. The lowest BCUT2D eigenvalue weighted by Crippen LogP contribution is -2.21. The minimum Gasteiger partial charge on any atom is -0.505 e. The summed E-state index contributed by atoms with van der Waals surface area (Å²) in [5.41, 5.74) is 2.01. The highest BCUT2D eigenvalue weighted by atomic mass is 16.4. The van der Waals surface area contributed by atoms with Crippen LogP contribution in [0.3, 0.4) is 0 Å². The van der Waals surface area contributed by atoms with E-state index in [1.807, 2.05) is 19.9 Å². The van der Waals surface area contributed by atoms with Gasteiger partial charge >= 0.3 is 5.97 Å². The van der Waals surface area contributed by atoms with Crippen LogP contribution in [0.25, 0.3) is 11.8 Å². The lowest BCUT2D eigenvalue weighted by atomic mass is 10.1. The Kier molecular flexibility index (Phi) is 3.89. The number of carboxylic acid groups (broad SMARTS) is 1. The Morgan fingerprint density at radius 2 is 1.81 bits per heavy atom. The molecule has 0 atom stereocenters. The second-order valence-corrected chi connectivity index (χ2v) is 4.68. The number of benzene rings is 1. The summed E-state index contributed by atoms with van der Waals surface area (Å²) in [4.78, 5) is 22.5. The molecule has 0 spiro atoms. The third-order valence-corrected chi connectivity index (χ3v) is 2.77. The number of hydrogen-bond acceptors (Lipinski definition) is 4. The van der Waals surface area contributed by atoms with Crippen molar-refractivity contribution in [1.29, 1.82) is 0 Å². The van der Waals surface area contributed by atoms with E-state index >= 15 is 0 Å². The Morgan fingerprint density at radius 3 is 2.38 bits per heavy atom. The summed E-state index contributed by atoms with van der Waals surface area (Å²) >= 11 is 0. The van der Waals surface area contributed by atoms with Gasteiger partial charge in [-0.3, -0.25) is 4.79 Å². The maximum Gasteiger partial charge on any atom is 0.328 e. The van der Waals surface area contributed by atoms with E-state index in [0.29, 0.717) is 5.69 Å². The molecule has 21 heavy (non-hydrogen) atoms. The fourth-order valence-corrected chi connectivity index (χ4v) is 1.99. The Labute approximate surface area is 120 Å². The van der Waals surface area contributed by atoms with Crippen LogP contribution in [-0.4, -0.2) is 26.0 Å². The van der Waals surface area contributed by atoms with Crippen molar-refractivity contribution in [2.45, 2.75) is 13.8 Å². The van der Waals surface area contributed by atoms with Crippen LogP contribution in [0, 0.1) is 13.8 Å². The normalized spacial score (nSPS) is 11.0. The van der Waals surface area contributed by atoms with Crippen LogP contribution in [0.2, 0.25) is 0 Å². The van der Waals surface area contributed by atoms with Crippen molar-refractivity contribution in [3.8, 4) is 11.4 Å². The number of aromatic nitrogens is 2. The molecule has 0 amide bonds. The molecule has 2 rings (SSSR count). The first kappa shape index (κ1) is 14.5. The zero-order valence-electron chi connectivity index (χ0n) is 11.6. The van der Waals surface area contributed by atoms with Crippen molar-refractivity contribution in [3.05, 3.63) is 57.5 Å². The van der Waals surface area contributed by atoms with Gasteiger partial charge in [-0.05, 0) is 43.2 Å². The van der Waals surface area contributed by atoms with Gasteiger partial charge in [0.1, 0.15) is 11.4 Å². The highest BCUT2D eigenvalue weighted by molar-refractivity contribution is 5.85. The molecule has 108 valence electrons. The van der Waals surface area contributed by atoms with Crippen molar-refractivity contribution in [1.82, 2.24) is 9.78 Å².